The van der Waals surface area contributed by atoms with E-state index >= 15 is 0 Å². The van der Waals surface area contributed by atoms with Crippen molar-refractivity contribution in [2.24, 2.45) is 5.73 Å². The molecule has 84 valence electrons. The van der Waals surface area contributed by atoms with E-state index in [0.717, 1.165) is 24.0 Å². The summed E-state index contributed by atoms with van der Waals surface area (Å²) >= 11 is 0. The summed E-state index contributed by atoms with van der Waals surface area (Å²) < 4.78 is 23.1. The number of hydrogen-bond acceptors (Lipinski definition) is 3. The van der Waals surface area contributed by atoms with Gasteiger partial charge in [0.05, 0.1) is 4.90 Å². The summed E-state index contributed by atoms with van der Waals surface area (Å²) in [4.78, 5) is 0.441. The first-order chi connectivity index (χ1) is 6.95. The molecule has 1 rings (SSSR count). The van der Waals surface area contributed by atoms with Gasteiger partial charge in [-0.1, -0.05) is 12.1 Å². The Hall–Kier alpha value is -0.870. The molecule has 0 atom stereocenters. The van der Waals surface area contributed by atoms with Gasteiger partial charge in [-0.2, -0.15) is 0 Å². The van der Waals surface area contributed by atoms with Crippen LogP contribution in [0.25, 0.3) is 0 Å². The van der Waals surface area contributed by atoms with Crippen LogP contribution in [0.15, 0.2) is 23.1 Å². The van der Waals surface area contributed by atoms with Gasteiger partial charge in [-0.05, 0) is 43.5 Å². The maximum atomic E-state index is 11.5. The molecule has 0 aliphatic heterocycles. The topological polar surface area (TPSA) is 60.2 Å². The molecule has 0 saturated carbocycles. The number of nitrogens with two attached hydrogens (primary N) is 1. The fourth-order valence-corrected chi connectivity index (χ4v) is 2.55. The second-order valence-electron chi connectivity index (χ2n) is 3.78. The minimum atomic E-state index is -3.13. The number of aryl methyl sites for hydroxylation is 2. The molecular weight excluding hydrogens is 210 g/mol. The highest BCUT2D eigenvalue weighted by Crippen LogP contribution is 2.18. The summed E-state index contributed by atoms with van der Waals surface area (Å²) in [7, 11) is -3.13. The summed E-state index contributed by atoms with van der Waals surface area (Å²) in [6.45, 7) is 2.47. The maximum absolute atomic E-state index is 11.5. The molecule has 0 bridgehead atoms. The van der Waals surface area contributed by atoms with Crippen molar-refractivity contribution in [3.05, 3.63) is 29.3 Å². The Morgan fingerprint density at radius 1 is 1.33 bits per heavy atom. The van der Waals surface area contributed by atoms with Gasteiger partial charge >= 0.3 is 0 Å². The first kappa shape index (κ1) is 12.2. The molecule has 3 nitrogen and oxygen atoms in total. The molecule has 0 aliphatic carbocycles. The highest BCUT2D eigenvalue weighted by atomic mass is 32.2. The number of rotatable bonds is 4. The van der Waals surface area contributed by atoms with Crippen LogP contribution in [0.4, 0.5) is 0 Å². The Labute approximate surface area is 91.2 Å². The van der Waals surface area contributed by atoms with E-state index in [1.54, 1.807) is 6.07 Å². The lowest BCUT2D eigenvalue weighted by Crippen LogP contribution is -2.06. The van der Waals surface area contributed by atoms with Crippen molar-refractivity contribution in [2.45, 2.75) is 24.7 Å². The molecule has 0 heterocycles. The highest BCUT2D eigenvalue weighted by Gasteiger charge is 2.12. The Morgan fingerprint density at radius 2 is 2.00 bits per heavy atom. The van der Waals surface area contributed by atoms with Gasteiger partial charge in [0.1, 0.15) is 0 Å². The van der Waals surface area contributed by atoms with Gasteiger partial charge in [-0.25, -0.2) is 8.42 Å². The molecule has 4 heteroatoms. The van der Waals surface area contributed by atoms with Crippen molar-refractivity contribution in [2.75, 3.05) is 12.8 Å². The van der Waals surface area contributed by atoms with E-state index < -0.39 is 9.84 Å². The van der Waals surface area contributed by atoms with E-state index in [9.17, 15) is 8.42 Å². The van der Waals surface area contributed by atoms with Crippen molar-refractivity contribution < 1.29 is 8.42 Å². The fraction of sp³-hybridized carbons (Fsp3) is 0.455. The van der Waals surface area contributed by atoms with E-state index in [0.29, 0.717) is 11.4 Å². The number of sulfone groups is 1. The van der Waals surface area contributed by atoms with Crippen LogP contribution in [0.2, 0.25) is 0 Å². The summed E-state index contributed by atoms with van der Waals surface area (Å²) in [6.07, 6.45) is 2.78. The predicted molar refractivity (Wildman–Crippen MR) is 61.7 cm³/mol. The molecule has 0 fully saturated rings. The van der Waals surface area contributed by atoms with Crippen LogP contribution in [0, 0.1) is 6.92 Å². The molecule has 0 radical (unpaired) electrons. The third-order valence-corrected chi connectivity index (χ3v) is 3.45. The molecule has 0 unspecified atom stereocenters. The predicted octanol–water partition coefficient (Wildman–Crippen LogP) is 1.29. The molecular formula is C11H17NO2S. The number of benzene rings is 1. The van der Waals surface area contributed by atoms with Crippen LogP contribution in [0.3, 0.4) is 0 Å². The zero-order valence-corrected chi connectivity index (χ0v) is 9.97. The molecule has 2 N–H and O–H groups in total. The van der Waals surface area contributed by atoms with Gasteiger partial charge in [0.25, 0.3) is 0 Å². The highest BCUT2D eigenvalue weighted by molar-refractivity contribution is 7.90. The van der Waals surface area contributed by atoms with Gasteiger partial charge < -0.3 is 5.73 Å². The summed E-state index contributed by atoms with van der Waals surface area (Å²) in [5, 5.41) is 0. The van der Waals surface area contributed by atoms with Crippen LogP contribution in [0.5, 0.6) is 0 Å². The van der Waals surface area contributed by atoms with Crippen LogP contribution in [-0.2, 0) is 16.3 Å². The van der Waals surface area contributed by atoms with E-state index in [2.05, 4.69) is 0 Å². The molecule has 0 aliphatic rings. The van der Waals surface area contributed by atoms with E-state index in [4.69, 9.17) is 5.73 Å². The lowest BCUT2D eigenvalue weighted by Gasteiger charge is -2.08. The van der Waals surface area contributed by atoms with Gasteiger partial charge in [-0.3, -0.25) is 0 Å². The normalized spacial score (nSPS) is 11.7. The van der Waals surface area contributed by atoms with Gasteiger partial charge in [0.15, 0.2) is 9.84 Å². The zero-order chi connectivity index (χ0) is 11.5. The molecule has 15 heavy (non-hydrogen) atoms. The van der Waals surface area contributed by atoms with Crippen molar-refractivity contribution in [1.82, 2.24) is 0 Å². The van der Waals surface area contributed by atoms with Crippen LogP contribution >= 0.6 is 0 Å². The average Bonchev–Trinajstić information content (AvgIpc) is 2.14. The van der Waals surface area contributed by atoms with Crippen molar-refractivity contribution in [1.29, 1.82) is 0 Å². The molecule has 0 amide bonds. The van der Waals surface area contributed by atoms with Gasteiger partial charge in [0.2, 0.25) is 0 Å². The van der Waals surface area contributed by atoms with Crippen molar-refractivity contribution in [3.63, 3.8) is 0 Å². The molecule has 0 saturated heterocycles. The Bertz CT molecular complexity index is 438. The standard InChI is InChI=1S/C11H17NO2S/c1-9-5-6-10(4-3-7-12)11(8-9)15(2,13)14/h5-6,8H,3-4,7,12H2,1-2H3. The summed E-state index contributed by atoms with van der Waals surface area (Å²) in [5.41, 5.74) is 7.25. The zero-order valence-electron chi connectivity index (χ0n) is 9.16. The fourth-order valence-electron chi connectivity index (χ4n) is 1.51. The Morgan fingerprint density at radius 3 is 2.53 bits per heavy atom. The van der Waals surface area contributed by atoms with Crippen molar-refractivity contribution >= 4 is 9.84 Å². The average molecular weight is 227 g/mol. The number of hydrogen-bond donors (Lipinski definition) is 1. The third-order valence-electron chi connectivity index (χ3n) is 2.27. The second kappa shape index (κ2) is 4.77. The molecule has 0 aromatic heterocycles. The summed E-state index contributed by atoms with van der Waals surface area (Å²) in [5.74, 6) is 0. The Balaban J connectivity index is 3.15. The van der Waals surface area contributed by atoms with Gasteiger partial charge in [0, 0.05) is 6.26 Å². The third kappa shape index (κ3) is 3.32. The first-order valence-electron chi connectivity index (χ1n) is 4.95. The quantitative estimate of drug-likeness (QED) is 0.843. The second-order valence-corrected chi connectivity index (χ2v) is 5.76. The van der Waals surface area contributed by atoms with E-state index in [1.807, 2.05) is 19.1 Å². The molecule has 1 aromatic rings. The monoisotopic (exact) mass is 227 g/mol. The minimum Gasteiger partial charge on any atom is -0.330 e. The Kier molecular flexibility index (Phi) is 3.88. The largest absolute Gasteiger partial charge is 0.330 e. The first-order valence-corrected chi connectivity index (χ1v) is 6.84. The van der Waals surface area contributed by atoms with E-state index in [-0.39, 0.29) is 0 Å². The lowest BCUT2D eigenvalue weighted by atomic mass is 10.1. The van der Waals surface area contributed by atoms with E-state index in [1.165, 1.54) is 6.26 Å². The molecule has 1 aromatic carbocycles. The summed E-state index contributed by atoms with van der Waals surface area (Å²) in [6, 6.07) is 5.53. The van der Waals surface area contributed by atoms with Crippen LogP contribution < -0.4 is 5.73 Å². The minimum absolute atomic E-state index is 0.441. The smallest absolute Gasteiger partial charge is 0.175 e. The van der Waals surface area contributed by atoms with Gasteiger partial charge in [-0.15, -0.1) is 0 Å². The van der Waals surface area contributed by atoms with Crippen LogP contribution in [0.1, 0.15) is 17.5 Å². The van der Waals surface area contributed by atoms with Crippen LogP contribution in [-0.4, -0.2) is 21.2 Å². The maximum Gasteiger partial charge on any atom is 0.175 e. The molecule has 0 spiro atoms. The lowest BCUT2D eigenvalue weighted by molar-refractivity contribution is 0.600. The van der Waals surface area contributed by atoms with Crippen molar-refractivity contribution in [3.8, 4) is 0 Å². The SMILES string of the molecule is Cc1ccc(CCCN)c(S(C)(=O)=O)c1.